The van der Waals surface area contributed by atoms with E-state index in [1.54, 1.807) is 12.1 Å². The van der Waals surface area contributed by atoms with Crippen LogP contribution in [0.15, 0.2) is 58.3 Å². The molecule has 1 heterocycles. The predicted molar refractivity (Wildman–Crippen MR) is 91.7 cm³/mol. The molecule has 8 heteroatoms. The molecule has 2 N–H and O–H groups in total. The van der Waals surface area contributed by atoms with Crippen molar-refractivity contribution < 1.29 is 16.8 Å². The van der Waals surface area contributed by atoms with Crippen LogP contribution in [-0.2, 0) is 26.5 Å². The van der Waals surface area contributed by atoms with Crippen LogP contribution in [0, 0.1) is 0 Å². The SMILES string of the molecule is CC1CCc2ccccc2N1S(=O)(=O)c1cccc(S(N)(=O)=O)c1. The fraction of sp³-hybridized carbons (Fsp3) is 0.250. The Labute approximate surface area is 142 Å². The van der Waals surface area contributed by atoms with Gasteiger partial charge in [0.2, 0.25) is 10.0 Å². The fourth-order valence-corrected chi connectivity index (χ4v) is 5.35. The molecule has 0 aliphatic carbocycles. The molecule has 2 aromatic rings. The average molecular weight is 366 g/mol. The van der Waals surface area contributed by atoms with Gasteiger partial charge in [0, 0.05) is 6.04 Å². The van der Waals surface area contributed by atoms with Crippen LogP contribution in [0.2, 0.25) is 0 Å². The van der Waals surface area contributed by atoms with Gasteiger partial charge in [-0.15, -0.1) is 0 Å². The van der Waals surface area contributed by atoms with Gasteiger partial charge in [-0.3, -0.25) is 4.31 Å². The van der Waals surface area contributed by atoms with E-state index in [4.69, 9.17) is 5.14 Å². The first-order chi connectivity index (χ1) is 11.2. The summed E-state index contributed by atoms with van der Waals surface area (Å²) in [4.78, 5) is -0.306. The molecule has 6 nitrogen and oxygen atoms in total. The molecule has 2 aromatic carbocycles. The molecule has 1 atom stereocenters. The van der Waals surface area contributed by atoms with Crippen LogP contribution in [0.25, 0.3) is 0 Å². The highest BCUT2D eigenvalue weighted by atomic mass is 32.2. The standard InChI is InChI=1S/C16H18N2O4S2/c1-12-9-10-13-5-2-3-8-16(13)18(12)24(21,22)15-7-4-6-14(11-15)23(17,19)20/h2-8,11-12H,9-10H2,1H3,(H2,17,19,20). The Morgan fingerprint density at radius 3 is 2.38 bits per heavy atom. The van der Waals surface area contributed by atoms with Gasteiger partial charge < -0.3 is 0 Å². The lowest BCUT2D eigenvalue weighted by Crippen LogP contribution is -2.42. The molecule has 24 heavy (non-hydrogen) atoms. The third kappa shape index (κ3) is 2.92. The summed E-state index contributed by atoms with van der Waals surface area (Å²) in [5.74, 6) is 0. The minimum atomic E-state index is -3.97. The number of sulfonamides is 2. The van der Waals surface area contributed by atoms with Gasteiger partial charge in [0.1, 0.15) is 0 Å². The lowest BCUT2D eigenvalue weighted by Gasteiger charge is -2.36. The summed E-state index contributed by atoms with van der Waals surface area (Å²) in [7, 11) is -7.87. The van der Waals surface area contributed by atoms with Crippen LogP contribution in [0.5, 0.6) is 0 Å². The first-order valence-electron chi connectivity index (χ1n) is 7.46. The van der Waals surface area contributed by atoms with Gasteiger partial charge in [0.15, 0.2) is 0 Å². The van der Waals surface area contributed by atoms with Crippen molar-refractivity contribution in [2.75, 3.05) is 4.31 Å². The van der Waals surface area contributed by atoms with Gasteiger partial charge in [-0.25, -0.2) is 22.0 Å². The van der Waals surface area contributed by atoms with Gasteiger partial charge in [-0.2, -0.15) is 0 Å². The number of aryl methyl sites for hydroxylation is 1. The molecule has 0 amide bonds. The zero-order chi connectivity index (χ0) is 17.5. The van der Waals surface area contributed by atoms with Gasteiger partial charge in [0.05, 0.1) is 15.5 Å². The molecule has 0 aromatic heterocycles. The minimum Gasteiger partial charge on any atom is -0.263 e. The Balaban J connectivity index is 2.15. The Morgan fingerprint density at radius 2 is 1.67 bits per heavy atom. The van der Waals surface area contributed by atoms with Crippen molar-refractivity contribution in [3.63, 3.8) is 0 Å². The molecule has 0 bridgehead atoms. The number of benzene rings is 2. The molecule has 0 fully saturated rings. The minimum absolute atomic E-state index is 0.0856. The van der Waals surface area contributed by atoms with E-state index in [1.165, 1.54) is 22.5 Å². The highest BCUT2D eigenvalue weighted by molar-refractivity contribution is 7.93. The Morgan fingerprint density at radius 1 is 1.00 bits per heavy atom. The van der Waals surface area contributed by atoms with Crippen LogP contribution >= 0.6 is 0 Å². The number of rotatable bonds is 3. The van der Waals surface area contributed by atoms with Crippen molar-refractivity contribution in [1.29, 1.82) is 0 Å². The third-order valence-corrected chi connectivity index (χ3v) is 6.99. The van der Waals surface area contributed by atoms with E-state index in [-0.39, 0.29) is 15.8 Å². The number of hydrogen-bond acceptors (Lipinski definition) is 4. The largest absolute Gasteiger partial charge is 0.264 e. The monoisotopic (exact) mass is 366 g/mol. The van der Waals surface area contributed by atoms with Crippen molar-refractivity contribution in [2.45, 2.75) is 35.6 Å². The first kappa shape index (κ1) is 16.9. The second-order valence-electron chi connectivity index (χ2n) is 5.84. The van der Waals surface area contributed by atoms with E-state index in [0.29, 0.717) is 12.1 Å². The summed E-state index contributed by atoms with van der Waals surface area (Å²) in [6.45, 7) is 1.84. The molecular formula is C16H18N2O4S2. The fourth-order valence-electron chi connectivity index (χ4n) is 2.95. The maximum Gasteiger partial charge on any atom is 0.264 e. The molecule has 128 valence electrons. The molecular weight excluding hydrogens is 348 g/mol. The third-order valence-electron chi connectivity index (χ3n) is 4.15. The quantitative estimate of drug-likeness (QED) is 0.896. The predicted octanol–water partition coefficient (Wildman–Crippen LogP) is 1.86. The van der Waals surface area contributed by atoms with Crippen LogP contribution in [0.4, 0.5) is 5.69 Å². The molecule has 1 unspecified atom stereocenters. The van der Waals surface area contributed by atoms with E-state index < -0.39 is 20.0 Å². The van der Waals surface area contributed by atoms with Crippen LogP contribution < -0.4 is 9.44 Å². The molecule has 1 aliphatic heterocycles. The number of anilines is 1. The zero-order valence-electron chi connectivity index (χ0n) is 13.1. The number of nitrogens with zero attached hydrogens (tertiary/aromatic N) is 1. The van der Waals surface area contributed by atoms with Crippen molar-refractivity contribution in [3.05, 3.63) is 54.1 Å². The summed E-state index contributed by atoms with van der Waals surface area (Å²) < 4.78 is 50.7. The van der Waals surface area contributed by atoms with E-state index in [1.807, 2.05) is 19.1 Å². The van der Waals surface area contributed by atoms with E-state index in [9.17, 15) is 16.8 Å². The van der Waals surface area contributed by atoms with Gasteiger partial charge in [-0.05, 0) is 49.6 Å². The molecule has 0 spiro atoms. The Hall–Kier alpha value is -1.90. The summed E-state index contributed by atoms with van der Waals surface area (Å²) in [5.41, 5.74) is 1.60. The Bertz CT molecular complexity index is 985. The number of hydrogen-bond donors (Lipinski definition) is 1. The Kier molecular flexibility index (Phi) is 4.15. The van der Waals surface area contributed by atoms with E-state index in [2.05, 4.69) is 0 Å². The lowest BCUT2D eigenvalue weighted by molar-refractivity contribution is 0.563. The van der Waals surface area contributed by atoms with Crippen molar-refractivity contribution in [2.24, 2.45) is 5.14 Å². The smallest absolute Gasteiger partial charge is 0.263 e. The summed E-state index contributed by atoms with van der Waals surface area (Å²) in [5, 5.41) is 5.12. The maximum absolute atomic E-state index is 13.1. The van der Waals surface area contributed by atoms with Gasteiger partial charge >= 0.3 is 0 Å². The van der Waals surface area contributed by atoms with E-state index >= 15 is 0 Å². The summed E-state index contributed by atoms with van der Waals surface area (Å²) >= 11 is 0. The second kappa shape index (κ2) is 5.87. The average Bonchev–Trinajstić information content (AvgIpc) is 2.53. The molecule has 3 rings (SSSR count). The van der Waals surface area contributed by atoms with Gasteiger partial charge in [-0.1, -0.05) is 24.3 Å². The number of primary sulfonamides is 1. The van der Waals surface area contributed by atoms with Crippen molar-refractivity contribution in [1.82, 2.24) is 0 Å². The zero-order valence-corrected chi connectivity index (χ0v) is 14.7. The number of fused-ring (bicyclic) bond motifs is 1. The van der Waals surface area contributed by atoms with Gasteiger partial charge in [0.25, 0.3) is 10.0 Å². The number of para-hydroxylation sites is 1. The lowest BCUT2D eigenvalue weighted by atomic mass is 9.99. The highest BCUT2D eigenvalue weighted by Crippen LogP contribution is 2.35. The molecule has 0 saturated carbocycles. The summed E-state index contributed by atoms with van der Waals surface area (Å²) in [6.07, 6.45) is 1.51. The molecule has 1 aliphatic rings. The number of nitrogens with two attached hydrogens (primary N) is 1. The van der Waals surface area contributed by atoms with Crippen molar-refractivity contribution >= 4 is 25.7 Å². The maximum atomic E-state index is 13.1. The van der Waals surface area contributed by atoms with E-state index in [0.717, 1.165) is 18.1 Å². The molecule has 0 saturated heterocycles. The van der Waals surface area contributed by atoms with Crippen LogP contribution in [0.3, 0.4) is 0 Å². The normalized spacial score (nSPS) is 18.2. The van der Waals surface area contributed by atoms with Crippen molar-refractivity contribution in [3.8, 4) is 0 Å². The first-order valence-corrected chi connectivity index (χ1v) is 10.4. The molecule has 0 radical (unpaired) electrons. The van der Waals surface area contributed by atoms with Crippen LogP contribution in [-0.4, -0.2) is 22.9 Å². The summed E-state index contributed by atoms with van der Waals surface area (Å²) in [6, 6.07) is 12.3. The van der Waals surface area contributed by atoms with Crippen LogP contribution in [0.1, 0.15) is 18.9 Å². The second-order valence-corrected chi connectivity index (χ2v) is 9.21. The topological polar surface area (TPSA) is 97.5 Å². The highest BCUT2D eigenvalue weighted by Gasteiger charge is 2.34.